The predicted octanol–water partition coefficient (Wildman–Crippen LogP) is 1.74. The van der Waals surface area contributed by atoms with E-state index < -0.39 is 0 Å². The van der Waals surface area contributed by atoms with E-state index in [0.717, 1.165) is 18.9 Å². The molecule has 5 nitrogen and oxygen atoms in total. The molecule has 0 aromatic carbocycles. The largest absolute Gasteiger partial charge is 0.377 e. The molecule has 5 heteroatoms. The first-order valence-electron chi connectivity index (χ1n) is 8.14. The van der Waals surface area contributed by atoms with E-state index in [1.54, 1.807) is 17.1 Å². The fraction of sp³-hybridized carbons (Fsp3) is 0.750. The molecule has 2 heterocycles. The van der Waals surface area contributed by atoms with Gasteiger partial charge in [-0.1, -0.05) is 25.7 Å². The lowest BCUT2D eigenvalue weighted by molar-refractivity contribution is -0.0785. The molecule has 2 aliphatic carbocycles. The van der Waals surface area contributed by atoms with Crippen molar-refractivity contribution in [3.63, 3.8) is 0 Å². The van der Waals surface area contributed by atoms with Gasteiger partial charge in [0.1, 0.15) is 5.69 Å². The Kier molecular flexibility index (Phi) is 3.25. The maximum atomic E-state index is 12.5. The Balaban J connectivity index is 1.50. The zero-order valence-electron chi connectivity index (χ0n) is 12.5. The minimum absolute atomic E-state index is 0.00773. The van der Waals surface area contributed by atoms with Crippen LogP contribution >= 0.6 is 0 Å². The number of rotatable bonds is 3. The first-order chi connectivity index (χ1) is 10.3. The second-order valence-electron chi connectivity index (χ2n) is 6.80. The lowest BCUT2D eigenvalue weighted by Crippen LogP contribution is -2.63. The van der Waals surface area contributed by atoms with Gasteiger partial charge < -0.3 is 14.6 Å². The van der Waals surface area contributed by atoms with E-state index in [9.17, 15) is 4.79 Å². The second-order valence-corrected chi connectivity index (χ2v) is 6.80. The number of fused-ring (bicyclic) bond motifs is 1. The molecule has 1 aromatic rings. The van der Waals surface area contributed by atoms with Crippen LogP contribution in [0.4, 0.5) is 0 Å². The van der Waals surface area contributed by atoms with Crippen LogP contribution in [0.5, 0.6) is 0 Å². The van der Waals surface area contributed by atoms with Crippen molar-refractivity contribution in [3.05, 3.63) is 18.2 Å². The molecule has 0 spiro atoms. The van der Waals surface area contributed by atoms with Gasteiger partial charge in [0.25, 0.3) is 5.91 Å². The molecule has 0 radical (unpaired) electrons. The molecule has 2 saturated carbocycles. The van der Waals surface area contributed by atoms with Crippen molar-refractivity contribution >= 4 is 5.91 Å². The van der Waals surface area contributed by atoms with Crippen molar-refractivity contribution in [2.45, 2.75) is 44.2 Å². The molecule has 1 N–H and O–H groups in total. The number of ether oxygens (including phenoxy) is 1. The summed E-state index contributed by atoms with van der Waals surface area (Å²) in [5, 5.41) is 3.28. The molecule has 114 valence electrons. The monoisotopic (exact) mass is 289 g/mol. The molecule has 1 saturated heterocycles. The van der Waals surface area contributed by atoms with E-state index in [2.05, 4.69) is 10.3 Å². The molecule has 0 bridgehead atoms. The minimum Gasteiger partial charge on any atom is -0.377 e. The Morgan fingerprint density at radius 1 is 1.38 bits per heavy atom. The summed E-state index contributed by atoms with van der Waals surface area (Å²) in [4.78, 5) is 16.5. The fourth-order valence-electron chi connectivity index (χ4n) is 4.66. The normalized spacial score (nSPS) is 35.5. The van der Waals surface area contributed by atoms with Crippen molar-refractivity contribution < 1.29 is 9.53 Å². The third-order valence-corrected chi connectivity index (χ3v) is 5.73. The fourth-order valence-corrected chi connectivity index (χ4v) is 4.66. The van der Waals surface area contributed by atoms with Gasteiger partial charge in [-0.15, -0.1) is 0 Å². The molecule has 1 aliphatic heterocycles. The summed E-state index contributed by atoms with van der Waals surface area (Å²) in [5.74, 6) is 1.79. The van der Waals surface area contributed by atoms with Gasteiger partial charge in [-0.3, -0.25) is 4.79 Å². The molecule has 21 heavy (non-hydrogen) atoms. The molecule has 3 fully saturated rings. The zero-order valence-corrected chi connectivity index (χ0v) is 12.5. The van der Waals surface area contributed by atoms with Crippen LogP contribution in [-0.2, 0) is 11.8 Å². The van der Waals surface area contributed by atoms with Gasteiger partial charge in [0.2, 0.25) is 0 Å². The predicted molar refractivity (Wildman–Crippen MR) is 77.8 cm³/mol. The van der Waals surface area contributed by atoms with Crippen LogP contribution < -0.4 is 5.32 Å². The van der Waals surface area contributed by atoms with E-state index in [4.69, 9.17) is 4.74 Å². The van der Waals surface area contributed by atoms with Crippen molar-refractivity contribution in [3.8, 4) is 0 Å². The molecular formula is C16H23N3O2. The summed E-state index contributed by atoms with van der Waals surface area (Å²) in [7, 11) is 1.86. The van der Waals surface area contributed by atoms with Crippen molar-refractivity contribution in [1.82, 2.24) is 14.9 Å². The van der Waals surface area contributed by atoms with Crippen LogP contribution in [0.2, 0.25) is 0 Å². The molecule has 1 amide bonds. The maximum absolute atomic E-state index is 12.5. The number of hydrogen-bond acceptors (Lipinski definition) is 3. The van der Waals surface area contributed by atoms with Crippen LogP contribution in [0.15, 0.2) is 12.5 Å². The van der Waals surface area contributed by atoms with Gasteiger partial charge >= 0.3 is 0 Å². The van der Waals surface area contributed by atoms with Gasteiger partial charge in [-0.25, -0.2) is 4.98 Å². The first kappa shape index (κ1) is 13.3. The van der Waals surface area contributed by atoms with Gasteiger partial charge in [0.05, 0.1) is 18.6 Å². The van der Waals surface area contributed by atoms with E-state index in [1.807, 2.05) is 7.05 Å². The molecule has 4 rings (SSSR count). The van der Waals surface area contributed by atoms with Gasteiger partial charge in [-0.05, 0) is 12.3 Å². The number of carbonyl (C=O) groups excluding carboxylic acids is 1. The van der Waals surface area contributed by atoms with E-state index in [1.165, 1.54) is 25.7 Å². The Labute approximate surface area is 125 Å². The Bertz CT molecular complexity index is 531. The van der Waals surface area contributed by atoms with Crippen LogP contribution in [0.3, 0.4) is 0 Å². The lowest BCUT2D eigenvalue weighted by Gasteiger charge is -2.50. The number of amides is 1. The molecule has 3 aliphatic rings. The Morgan fingerprint density at radius 2 is 2.19 bits per heavy atom. The number of nitrogens with one attached hydrogen (secondary N) is 1. The highest BCUT2D eigenvalue weighted by Gasteiger charge is 2.57. The summed E-state index contributed by atoms with van der Waals surface area (Å²) in [6.07, 6.45) is 10.1. The zero-order chi connectivity index (χ0) is 14.4. The van der Waals surface area contributed by atoms with Gasteiger partial charge in [0.15, 0.2) is 0 Å². The lowest BCUT2D eigenvalue weighted by atomic mass is 9.61. The number of aryl methyl sites for hydroxylation is 1. The highest BCUT2D eigenvalue weighted by Crippen LogP contribution is 2.51. The maximum Gasteiger partial charge on any atom is 0.269 e. The molecule has 1 aromatic heterocycles. The number of carbonyl (C=O) groups is 1. The molecule has 0 unspecified atom stereocenters. The standard InChI is InChI=1S/C16H23N3O2/c1-19-9-17-8-12(19)16(20)18-14-11-6-7-21-15(11)13(14)10-4-2-3-5-10/h8-11,13-15H,2-7H2,1H3,(H,18,20)/t11-,13+,14-,15-/m0/s1. The third-order valence-electron chi connectivity index (χ3n) is 5.73. The second kappa shape index (κ2) is 5.13. The van der Waals surface area contributed by atoms with Gasteiger partial charge in [-0.2, -0.15) is 0 Å². The average molecular weight is 289 g/mol. The summed E-state index contributed by atoms with van der Waals surface area (Å²) in [6.45, 7) is 0.858. The number of imidazole rings is 1. The average Bonchev–Trinajstić information content (AvgIpc) is 3.17. The Hall–Kier alpha value is -1.36. The van der Waals surface area contributed by atoms with Crippen LogP contribution in [-0.4, -0.2) is 34.2 Å². The summed E-state index contributed by atoms with van der Waals surface area (Å²) in [5.41, 5.74) is 0.641. The quantitative estimate of drug-likeness (QED) is 0.922. The molecule has 4 atom stereocenters. The van der Waals surface area contributed by atoms with Crippen molar-refractivity contribution in [2.75, 3.05) is 6.61 Å². The number of aromatic nitrogens is 2. The highest BCUT2D eigenvalue weighted by atomic mass is 16.5. The summed E-state index contributed by atoms with van der Waals surface area (Å²) in [6, 6.07) is 0.294. The molecular weight excluding hydrogens is 266 g/mol. The highest BCUT2D eigenvalue weighted by molar-refractivity contribution is 5.92. The topological polar surface area (TPSA) is 56.2 Å². The summed E-state index contributed by atoms with van der Waals surface area (Å²) < 4.78 is 7.71. The van der Waals surface area contributed by atoms with Crippen molar-refractivity contribution in [1.29, 1.82) is 0 Å². The van der Waals surface area contributed by atoms with E-state index in [-0.39, 0.29) is 5.91 Å². The smallest absolute Gasteiger partial charge is 0.269 e. The summed E-state index contributed by atoms with van der Waals surface area (Å²) >= 11 is 0. The minimum atomic E-state index is 0.00773. The van der Waals surface area contributed by atoms with Crippen LogP contribution in [0.1, 0.15) is 42.6 Å². The van der Waals surface area contributed by atoms with Crippen molar-refractivity contribution in [2.24, 2.45) is 24.8 Å². The third kappa shape index (κ3) is 2.09. The number of nitrogens with zero attached hydrogens (tertiary/aromatic N) is 2. The van der Waals surface area contributed by atoms with Crippen LogP contribution in [0, 0.1) is 17.8 Å². The van der Waals surface area contributed by atoms with Crippen LogP contribution in [0.25, 0.3) is 0 Å². The Morgan fingerprint density at radius 3 is 2.90 bits per heavy atom. The van der Waals surface area contributed by atoms with Gasteiger partial charge in [0, 0.05) is 31.5 Å². The number of hydrogen-bond donors (Lipinski definition) is 1. The van der Waals surface area contributed by atoms with E-state index >= 15 is 0 Å². The van der Waals surface area contributed by atoms with E-state index in [0.29, 0.717) is 29.7 Å². The first-order valence-corrected chi connectivity index (χ1v) is 8.14. The SMILES string of the molecule is Cn1cncc1C(=O)N[C@H]1[C@@H]2CCO[C@@H]2[C@@H]1C1CCCC1.